The highest BCUT2D eigenvalue weighted by Crippen LogP contribution is 2.20. The molecular formula is C46H81N13O3. The molecule has 8 heterocycles. The number of amidine groups is 4. The summed E-state index contributed by atoms with van der Waals surface area (Å²) >= 11 is 0. The number of hydrogen-bond donors (Lipinski definition) is 1. The number of aliphatic imine (C=N–C) groups is 8. The number of carbonyl (C=O) groups excluding carboxylic acids is 1. The first kappa shape index (κ1) is 50.3. The minimum atomic E-state index is -0.443. The zero-order chi connectivity index (χ0) is 45.4. The number of nitrogens with one attached hydrogen (secondary N) is 1. The van der Waals surface area contributed by atoms with E-state index >= 15 is 0 Å². The van der Waals surface area contributed by atoms with E-state index in [1.54, 1.807) is 4.90 Å². The van der Waals surface area contributed by atoms with Gasteiger partial charge in [-0.05, 0) is 46.0 Å². The van der Waals surface area contributed by atoms with Gasteiger partial charge in [0, 0.05) is 75.1 Å². The average molecular weight is 864 g/mol. The predicted octanol–water partition coefficient (Wildman–Crippen LogP) is 6.78. The number of guanidine groups is 2. The Bertz CT molecular complexity index is 1690. The Morgan fingerprint density at radius 2 is 1.16 bits per heavy atom. The second-order valence-corrected chi connectivity index (χ2v) is 18.8. The molecule has 348 valence electrons. The summed E-state index contributed by atoms with van der Waals surface area (Å²) in [7, 11) is 0. The Balaban J connectivity index is 0.000000176. The van der Waals surface area contributed by atoms with Crippen molar-refractivity contribution in [3.8, 4) is 0 Å². The van der Waals surface area contributed by atoms with Crippen LogP contribution in [0, 0.1) is 29.6 Å². The summed E-state index contributed by atoms with van der Waals surface area (Å²) in [4.78, 5) is 55.8. The molecule has 0 aliphatic carbocycles. The standard InChI is InChI=1S/C13H21N5.C11H20N2O2.C9H16N4.C7H13N.C6H11NO/c1-10(2)12-15-6-9-18(12)13-16-7-8-17(13)11-4-3-5-14-11;1-8(2)9-12-6-7-13(9)10(14)15-11(3,4)5;1-7(2)8-10-5-6-13(8)9-11-3-4-12-9;1-6(2)7-4-3-5-8-7;1-5(2)6-7-3-4-8-6/h10H,3-9H2,1-2H3;8H,6-7H2,1-5H3;7H,3-6H2,1-2H3,(H,11,12);6H,3-5H2,1-2H3;5H,3-4H2,1-2H3. The van der Waals surface area contributed by atoms with Gasteiger partial charge in [-0.2, -0.15) is 0 Å². The molecule has 0 saturated heterocycles. The third-order valence-corrected chi connectivity index (χ3v) is 10.6. The summed E-state index contributed by atoms with van der Waals surface area (Å²) in [5, 5.41) is 3.28. The molecule has 0 spiro atoms. The van der Waals surface area contributed by atoms with E-state index in [2.05, 4.69) is 115 Å². The molecule has 0 fully saturated rings. The van der Waals surface area contributed by atoms with Crippen molar-refractivity contribution >= 4 is 53.0 Å². The van der Waals surface area contributed by atoms with Gasteiger partial charge in [-0.15, -0.1) is 0 Å². The lowest BCUT2D eigenvalue weighted by Gasteiger charge is -2.29. The van der Waals surface area contributed by atoms with Gasteiger partial charge < -0.3 is 14.8 Å². The molecule has 16 heteroatoms. The van der Waals surface area contributed by atoms with Crippen LogP contribution in [0.25, 0.3) is 0 Å². The first-order valence-electron chi connectivity index (χ1n) is 23.5. The van der Waals surface area contributed by atoms with Gasteiger partial charge in [-0.25, -0.2) is 4.79 Å². The van der Waals surface area contributed by atoms with E-state index in [-0.39, 0.29) is 12.0 Å². The molecule has 8 aliphatic heterocycles. The summed E-state index contributed by atoms with van der Waals surface area (Å²) in [5.41, 5.74) is 0.979. The van der Waals surface area contributed by atoms with Crippen molar-refractivity contribution in [1.29, 1.82) is 0 Å². The fourth-order valence-electron chi connectivity index (χ4n) is 7.75. The summed E-state index contributed by atoms with van der Waals surface area (Å²) < 4.78 is 10.5. The van der Waals surface area contributed by atoms with E-state index in [1.807, 2.05) is 34.6 Å². The molecule has 0 radical (unpaired) electrons. The van der Waals surface area contributed by atoms with E-state index in [4.69, 9.17) is 9.47 Å². The van der Waals surface area contributed by atoms with Crippen LogP contribution in [0.4, 0.5) is 4.79 Å². The molecule has 8 rings (SSSR count). The van der Waals surface area contributed by atoms with Gasteiger partial charge in [0.25, 0.3) is 0 Å². The number of amides is 1. The monoisotopic (exact) mass is 864 g/mol. The quantitative estimate of drug-likeness (QED) is 0.319. The molecular weight excluding hydrogens is 783 g/mol. The first-order valence-corrected chi connectivity index (χ1v) is 23.5. The first-order chi connectivity index (χ1) is 29.5. The van der Waals surface area contributed by atoms with Gasteiger partial charge in [-0.3, -0.25) is 59.5 Å². The number of carbonyl (C=O) groups is 1. The normalized spacial score (nSPS) is 20.5. The van der Waals surface area contributed by atoms with Gasteiger partial charge in [0.05, 0.1) is 45.8 Å². The van der Waals surface area contributed by atoms with Crippen molar-refractivity contribution in [1.82, 2.24) is 24.9 Å². The van der Waals surface area contributed by atoms with E-state index in [0.717, 1.165) is 109 Å². The van der Waals surface area contributed by atoms with Crippen molar-refractivity contribution in [2.24, 2.45) is 69.5 Å². The Morgan fingerprint density at radius 1 is 0.581 bits per heavy atom. The maximum Gasteiger partial charge on any atom is 0.415 e. The van der Waals surface area contributed by atoms with Crippen LogP contribution in [-0.4, -0.2) is 170 Å². The summed E-state index contributed by atoms with van der Waals surface area (Å²) in [6, 6.07) is 0. The third-order valence-electron chi connectivity index (χ3n) is 10.6. The summed E-state index contributed by atoms with van der Waals surface area (Å²) in [6.45, 7) is 39.5. The smallest absolute Gasteiger partial charge is 0.415 e. The Morgan fingerprint density at radius 3 is 1.65 bits per heavy atom. The van der Waals surface area contributed by atoms with Gasteiger partial charge in [0.15, 0.2) is 11.9 Å². The molecule has 1 amide bonds. The van der Waals surface area contributed by atoms with Crippen molar-refractivity contribution in [2.75, 3.05) is 91.7 Å². The Hall–Kier alpha value is -4.37. The maximum atomic E-state index is 11.8. The third kappa shape index (κ3) is 15.2. The lowest BCUT2D eigenvalue weighted by atomic mass is 10.1. The molecule has 0 aromatic heterocycles. The van der Waals surface area contributed by atoms with E-state index in [1.165, 1.54) is 42.5 Å². The number of rotatable bonds is 5. The molecule has 0 aromatic rings. The van der Waals surface area contributed by atoms with Crippen LogP contribution in [0.3, 0.4) is 0 Å². The minimum absolute atomic E-state index is 0.264. The Labute approximate surface area is 373 Å². The van der Waals surface area contributed by atoms with Crippen LogP contribution in [0.2, 0.25) is 0 Å². The molecule has 0 bridgehead atoms. The van der Waals surface area contributed by atoms with Crippen LogP contribution in [0.5, 0.6) is 0 Å². The van der Waals surface area contributed by atoms with Gasteiger partial charge in [-0.1, -0.05) is 69.2 Å². The maximum absolute atomic E-state index is 11.8. The molecule has 0 atom stereocenters. The van der Waals surface area contributed by atoms with E-state index in [0.29, 0.717) is 36.8 Å². The highest BCUT2D eigenvalue weighted by atomic mass is 16.6. The number of hydrogen-bond acceptors (Lipinski definition) is 15. The minimum Gasteiger partial charge on any atom is -0.479 e. The van der Waals surface area contributed by atoms with Crippen LogP contribution < -0.4 is 5.32 Å². The Kier molecular flexibility index (Phi) is 19.8. The fraction of sp³-hybridized carbons (Fsp3) is 0.804. The molecule has 1 N–H and O–H groups in total. The van der Waals surface area contributed by atoms with Crippen molar-refractivity contribution in [2.45, 2.75) is 121 Å². The van der Waals surface area contributed by atoms with E-state index in [9.17, 15) is 4.79 Å². The molecule has 0 saturated carbocycles. The zero-order valence-electron chi connectivity index (χ0n) is 40.7. The molecule has 8 aliphatic rings. The van der Waals surface area contributed by atoms with Gasteiger partial charge >= 0.3 is 6.09 Å². The van der Waals surface area contributed by atoms with E-state index < -0.39 is 5.60 Å². The molecule has 0 unspecified atom stereocenters. The predicted molar refractivity (Wildman–Crippen MR) is 258 cm³/mol. The molecule has 62 heavy (non-hydrogen) atoms. The largest absolute Gasteiger partial charge is 0.479 e. The van der Waals surface area contributed by atoms with Crippen LogP contribution in [0.15, 0.2) is 39.9 Å². The average Bonchev–Trinajstić information content (AvgIpc) is 4.06. The lowest BCUT2D eigenvalue weighted by molar-refractivity contribution is 0.0378. The van der Waals surface area contributed by atoms with Crippen LogP contribution >= 0.6 is 0 Å². The number of ether oxygens (including phenoxy) is 2. The summed E-state index contributed by atoms with van der Waals surface area (Å²) in [6.07, 6.45) is 4.53. The topological polar surface area (TPSA) is 159 Å². The highest BCUT2D eigenvalue weighted by molar-refractivity contribution is 6.09. The number of nitrogens with zero attached hydrogens (tertiary/aromatic N) is 12. The second kappa shape index (κ2) is 24.5. The van der Waals surface area contributed by atoms with Crippen molar-refractivity contribution < 1.29 is 14.3 Å². The highest BCUT2D eigenvalue weighted by Gasteiger charge is 2.33. The van der Waals surface area contributed by atoms with Crippen molar-refractivity contribution in [3.63, 3.8) is 0 Å². The molecule has 0 aromatic carbocycles. The summed E-state index contributed by atoms with van der Waals surface area (Å²) in [5.74, 6) is 9.82. The van der Waals surface area contributed by atoms with Gasteiger partial charge in [0.1, 0.15) is 35.6 Å². The van der Waals surface area contributed by atoms with Gasteiger partial charge in [0.2, 0.25) is 5.96 Å². The van der Waals surface area contributed by atoms with Crippen LogP contribution in [0.1, 0.15) is 116 Å². The SMILES string of the molecule is CC(C)C1=NCCC1.CC(C)C1=NCCN1C(=O)OC(C)(C)C.CC(C)C1=NCCN1C1=NCCN1.CC(C)C1=NCCN1C1=NCCN1C1=NCCC1.CC(C)C1=NCCO1. The molecule has 16 nitrogen and oxygen atoms in total. The fourth-order valence-corrected chi connectivity index (χ4v) is 7.75. The second-order valence-electron chi connectivity index (χ2n) is 18.8. The van der Waals surface area contributed by atoms with Crippen LogP contribution in [-0.2, 0) is 9.47 Å². The zero-order valence-corrected chi connectivity index (χ0v) is 40.7. The van der Waals surface area contributed by atoms with Crippen molar-refractivity contribution in [3.05, 3.63) is 0 Å². The lowest BCUT2D eigenvalue weighted by Crippen LogP contribution is -2.47.